The molecule has 14 heavy (non-hydrogen) atoms. The highest BCUT2D eigenvalue weighted by atomic mass is 16.2. The van der Waals surface area contributed by atoms with Crippen molar-refractivity contribution < 1.29 is 4.79 Å². The van der Waals surface area contributed by atoms with Crippen molar-refractivity contribution in [2.24, 2.45) is 10.8 Å². The van der Waals surface area contributed by atoms with Gasteiger partial charge in [0.25, 0.3) is 0 Å². The molecule has 3 heteroatoms. The summed E-state index contributed by atoms with van der Waals surface area (Å²) < 4.78 is 0. The molecule has 0 aromatic heterocycles. The molecule has 2 saturated heterocycles. The second-order valence-electron chi connectivity index (χ2n) is 5.83. The van der Waals surface area contributed by atoms with Crippen LogP contribution < -0.4 is 5.32 Å². The van der Waals surface area contributed by atoms with E-state index in [1.165, 1.54) is 6.42 Å². The molecular formula is C11H20N2O. The molecule has 2 heterocycles. The van der Waals surface area contributed by atoms with E-state index >= 15 is 0 Å². The molecule has 1 spiro atoms. The normalized spacial score (nSPS) is 25.2. The van der Waals surface area contributed by atoms with Gasteiger partial charge in [-0.25, -0.2) is 0 Å². The van der Waals surface area contributed by atoms with Gasteiger partial charge >= 0.3 is 0 Å². The fraction of sp³-hybridized carbons (Fsp3) is 0.909. The van der Waals surface area contributed by atoms with Gasteiger partial charge < -0.3 is 10.2 Å². The Kier molecular flexibility index (Phi) is 2.11. The first-order valence-electron chi connectivity index (χ1n) is 5.43. The van der Waals surface area contributed by atoms with Crippen LogP contribution in [0.5, 0.6) is 0 Å². The van der Waals surface area contributed by atoms with E-state index < -0.39 is 0 Å². The highest BCUT2D eigenvalue weighted by molar-refractivity contribution is 5.81. The lowest BCUT2D eigenvalue weighted by Crippen LogP contribution is -2.55. The molecular weight excluding hydrogens is 176 g/mol. The topological polar surface area (TPSA) is 32.3 Å². The van der Waals surface area contributed by atoms with Gasteiger partial charge in [0.2, 0.25) is 5.91 Å². The Balaban J connectivity index is 1.98. The molecule has 2 aliphatic heterocycles. The first-order valence-corrected chi connectivity index (χ1v) is 5.43. The zero-order valence-corrected chi connectivity index (χ0v) is 9.39. The van der Waals surface area contributed by atoms with Gasteiger partial charge in [0.05, 0.1) is 0 Å². The molecule has 0 radical (unpaired) electrons. The van der Waals surface area contributed by atoms with E-state index in [1.54, 1.807) is 0 Å². The van der Waals surface area contributed by atoms with Crippen LogP contribution in [0.25, 0.3) is 0 Å². The van der Waals surface area contributed by atoms with Crippen LogP contribution in [0.1, 0.15) is 27.2 Å². The molecule has 2 aliphatic rings. The Morgan fingerprint density at radius 2 is 2.00 bits per heavy atom. The molecule has 80 valence electrons. The zero-order chi connectivity index (χ0) is 10.4. The van der Waals surface area contributed by atoms with E-state index in [1.807, 2.05) is 25.7 Å². The second kappa shape index (κ2) is 2.96. The highest BCUT2D eigenvalue weighted by Gasteiger charge is 2.45. The van der Waals surface area contributed by atoms with Crippen molar-refractivity contribution in [1.82, 2.24) is 10.2 Å². The summed E-state index contributed by atoms with van der Waals surface area (Å²) in [6, 6.07) is 0. The van der Waals surface area contributed by atoms with Crippen molar-refractivity contribution >= 4 is 5.91 Å². The molecule has 3 nitrogen and oxygen atoms in total. The number of nitrogens with zero attached hydrogens (tertiary/aromatic N) is 1. The minimum absolute atomic E-state index is 0.220. The smallest absolute Gasteiger partial charge is 0.227 e. The van der Waals surface area contributed by atoms with Crippen molar-refractivity contribution in [2.45, 2.75) is 27.2 Å². The molecule has 1 N–H and O–H groups in total. The Bertz CT molecular complexity index is 251. The maximum Gasteiger partial charge on any atom is 0.227 e. The Morgan fingerprint density at radius 1 is 1.36 bits per heavy atom. The fourth-order valence-electron chi connectivity index (χ4n) is 2.35. The molecule has 0 bridgehead atoms. The number of nitrogens with one attached hydrogen (secondary N) is 1. The van der Waals surface area contributed by atoms with Gasteiger partial charge in [-0.15, -0.1) is 0 Å². The summed E-state index contributed by atoms with van der Waals surface area (Å²) in [7, 11) is 0. The van der Waals surface area contributed by atoms with Crippen LogP contribution in [0, 0.1) is 10.8 Å². The fourth-order valence-corrected chi connectivity index (χ4v) is 2.35. The number of likely N-dealkylation sites (tertiary alicyclic amines) is 1. The van der Waals surface area contributed by atoms with Crippen molar-refractivity contribution in [3.8, 4) is 0 Å². The monoisotopic (exact) mass is 196 g/mol. The van der Waals surface area contributed by atoms with E-state index in [2.05, 4.69) is 5.32 Å². The van der Waals surface area contributed by atoms with Crippen molar-refractivity contribution in [2.75, 3.05) is 26.2 Å². The largest absolute Gasteiger partial charge is 0.342 e. The standard InChI is InChI=1S/C11H20N2O/c1-10(2,3)9(14)13-5-4-11(8-13)6-12-7-11/h12H,4-8H2,1-3H3. The highest BCUT2D eigenvalue weighted by Crippen LogP contribution is 2.35. The lowest BCUT2D eigenvalue weighted by molar-refractivity contribution is -0.138. The molecule has 2 fully saturated rings. The van der Waals surface area contributed by atoms with Gasteiger partial charge in [-0.05, 0) is 6.42 Å². The van der Waals surface area contributed by atoms with Crippen LogP contribution in [0.3, 0.4) is 0 Å². The summed E-state index contributed by atoms with van der Waals surface area (Å²) in [5, 5.41) is 3.30. The molecule has 0 saturated carbocycles. The average Bonchev–Trinajstić information content (AvgIpc) is 2.44. The van der Waals surface area contributed by atoms with Crippen LogP contribution in [-0.2, 0) is 4.79 Å². The molecule has 0 unspecified atom stereocenters. The Morgan fingerprint density at radius 3 is 2.36 bits per heavy atom. The van der Waals surface area contributed by atoms with Crippen LogP contribution in [0.2, 0.25) is 0 Å². The Labute approximate surface area is 85.8 Å². The third-order valence-electron chi connectivity index (χ3n) is 3.37. The van der Waals surface area contributed by atoms with E-state index in [0.29, 0.717) is 11.3 Å². The molecule has 0 aliphatic carbocycles. The lowest BCUT2D eigenvalue weighted by atomic mass is 9.81. The predicted octanol–water partition coefficient (Wildman–Crippen LogP) is 0.854. The van der Waals surface area contributed by atoms with Crippen molar-refractivity contribution in [1.29, 1.82) is 0 Å². The maximum atomic E-state index is 12.0. The van der Waals surface area contributed by atoms with Gasteiger partial charge in [0.15, 0.2) is 0 Å². The third-order valence-corrected chi connectivity index (χ3v) is 3.37. The van der Waals surface area contributed by atoms with Gasteiger partial charge in [-0.2, -0.15) is 0 Å². The quantitative estimate of drug-likeness (QED) is 0.623. The van der Waals surface area contributed by atoms with E-state index in [9.17, 15) is 4.79 Å². The van der Waals surface area contributed by atoms with Crippen LogP contribution >= 0.6 is 0 Å². The van der Waals surface area contributed by atoms with E-state index in [-0.39, 0.29) is 5.41 Å². The SMILES string of the molecule is CC(C)(C)C(=O)N1CCC2(CNC2)C1. The van der Waals surface area contributed by atoms with Gasteiger partial charge in [-0.3, -0.25) is 4.79 Å². The van der Waals surface area contributed by atoms with Crippen LogP contribution in [0.4, 0.5) is 0 Å². The van der Waals surface area contributed by atoms with Gasteiger partial charge in [-0.1, -0.05) is 20.8 Å². The molecule has 0 aromatic rings. The lowest BCUT2D eigenvalue weighted by Gasteiger charge is -2.39. The third kappa shape index (κ3) is 1.54. The van der Waals surface area contributed by atoms with Gasteiger partial charge in [0.1, 0.15) is 0 Å². The summed E-state index contributed by atoms with van der Waals surface area (Å²) >= 11 is 0. The minimum atomic E-state index is -0.220. The molecule has 1 amide bonds. The van der Waals surface area contributed by atoms with E-state index in [4.69, 9.17) is 0 Å². The van der Waals surface area contributed by atoms with Crippen LogP contribution in [-0.4, -0.2) is 37.0 Å². The van der Waals surface area contributed by atoms with Crippen molar-refractivity contribution in [3.05, 3.63) is 0 Å². The second-order valence-corrected chi connectivity index (χ2v) is 5.83. The first kappa shape index (κ1) is 9.97. The number of hydrogen-bond donors (Lipinski definition) is 1. The summed E-state index contributed by atoms with van der Waals surface area (Å²) in [6.45, 7) is 10.1. The maximum absolute atomic E-state index is 12.0. The number of hydrogen-bond acceptors (Lipinski definition) is 2. The van der Waals surface area contributed by atoms with Crippen LogP contribution in [0.15, 0.2) is 0 Å². The molecule has 0 atom stereocenters. The zero-order valence-electron chi connectivity index (χ0n) is 9.39. The average molecular weight is 196 g/mol. The number of carbonyl (C=O) groups is 1. The minimum Gasteiger partial charge on any atom is -0.342 e. The summed E-state index contributed by atoms with van der Waals surface area (Å²) in [6.07, 6.45) is 1.18. The first-order chi connectivity index (χ1) is 6.43. The van der Waals surface area contributed by atoms with Crippen molar-refractivity contribution in [3.63, 3.8) is 0 Å². The summed E-state index contributed by atoms with van der Waals surface area (Å²) in [5.41, 5.74) is 0.212. The predicted molar refractivity (Wildman–Crippen MR) is 56.0 cm³/mol. The number of rotatable bonds is 0. The Hall–Kier alpha value is -0.570. The van der Waals surface area contributed by atoms with E-state index in [0.717, 1.165) is 26.2 Å². The number of carbonyl (C=O) groups excluding carboxylic acids is 1. The molecule has 2 rings (SSSR count). The summed E-state index contributed by atoms with van der Waals surface area (Å²) in [5.74, 6) is 0.307. The van der Waals surface area contributed by atoms with Gasteiger partial charge in [0, 0.05) is 37.0 Å². The summed E-state index contributed by atoms with van der Waals surface area (Å²) in [4.78, 5) is 14.0. The molecule has 0 aromatic carbocycles. The number of amides is 1.